The predicted octanol–water partition coefficient (Wildman–Crippen LogP) is 3.74. The molecule has 2 aromatic rings. The topological polar surface area (TPSA) is 34.2 Å². The average molecular weight is 274 g/mol. The van der Waals surface area contributed by atoms with Crippen LogP contribution in [0.5, 0.6) is 11.6 Å². The first-order chi connectivity index (χ1) is 9.61. The summed E-state index contributed by atoms with van der Waals surface area (Å²) in [5.41, 5.74) is 2.66. The second-order valence-corrected chi connectivity index (χ2v) is 4.74. The molecule has 0 bridgehead atoms. The van der Waals surface area contributed by atoms with Crippen molar-refractivity contribution in [3.8, 4) is 11.6 Å². The molecule has 2 rings (SSSR count). The highest BCUT2D eigenvalue weighted by molar-refractivity contribution is 5.38. The summed E-state index contributed by atoms with van der Waals surface area (Å²) in [5, 5.41) is 3.09. The van der Waals surface area contributed by atoms with Crippen LogP contribution in [0.1, 0.15) is 23.6 Å². The molecule has 0 saturated carbocycles. The maximum absolute atomic E-state index is 14.3. The second-order valence-electron chi connectivity index (χ2n) is 4.74. The molecule has 106 valence electrons. The van der Waals surface area contributed by atoms with Gasteiger partial charge in [-0.3, -0.25) is 0 Å². The third-order valence-electron chi connectivity index (χ3n) is 3.04. The fourth-order valence-electron chi connectivity index (χ4n) is 1.95. The van der Waals surface area contributed by atoms with Crippen molar-refractivity contribution in [1.29, 1.82) is 0 Å². The van der Waals surface area contributed by atoms with E-state index in [-0.39, 0.29) is 5.88 Å². The van der Waals surface area contributed by atoms with E-state index in [2.05, 4.69) is 10.3 Å². The molecule has 0 unspecified atom stereocenters. The quantitative estimate of drug-likeness (QED) is 0.902. The molecule has 0 spiro atoms. The van der Waals surface area contributed by atoms with Crippen molar-refractivity contribution in [2.45, 2.75) is 27.3 Å². The van der Waals surface area contributed by atoms with Gasteiger partial charge in [-0.1, -0.05) is 24.6 Å². The first-order valence-electron chi connectivity index (χ1n) is 6.71. The number of hydrogen-bond acceptors (Lipinski definition) is 3. The maximum atomic E-state index is 14.3. The Morgan fingerprint density at radius 1 is 1.25 bits per heavy atom. The molecule has 0 radical (unpaired) electrons. The van der Waals surface area contributed by atoms with E-state index in [1.54, 1.807) is 12.3 Å². The van der Waals surface area contributed by atoms with E-state index in [9.17, 15) is 4.39 Å². The van der Waals surface area contributed by atoms with E-state index in [0.29, 0.717) is 17.9 Å². The predicted molar refractivity (Wildman–Crippen MR) is 77.6 cm³/mol. The lowest BCUT2D eigenvalue weighted by Gasteiger charge is -2.11. The summed E-state index contributed by atoms with van der Waals surface area (Å²) in [6, 6.07) is 7.42. The normalized spacial score (nSPS) is 10.6. The van der Waals surface area contributed by atoms with Crippen LogP contribution in [-0.2, 0) is 6.54 Å². The molecule has 0 atom stereocenters. The first-order valence-corrected chi connectivity index (χ1v) is 6.71. The lowest BCUT2D eigenvalue weighted by atomic mass is 10.1. The van der Waals surface area contributed by atoms with Crippen molar-refractivity contribution in [2.75, 3.05) is 6.54 Å². The van der Waals surface area contributed by atoms with Gasteiger partial charge in [0, 0.05) is 18.3 Å². The van der Waals surface area contributed by atoms with Crippen LogP contribution >= 0.6 is 0 Å². The zero-order valence-corrected chi connectivity index (χ0v) is 12.0. The Balaban J connectivity index is 2.24. The molecule has 1 N–H and O–H groups in total. The molecule has 0 amide bonds. The van der Waals surface area contributed by atoms with Crippen LogP contribution in [0.2, 0.25) is 0 Å². The molecule has 0 saturated heterocycles. The number of pyridine rings is 1. The van der Waals surface area contributed by atoms with Crippen molar-refractivity contribution in [1.82, 2.24) is 10.3 Å². The Hall–Kier alpha value is -1.94. The fourth-order valence-corrected chi connectivity index (χ4v) is 1.95. The van der Waals surface area contributed by atoms with Gasteiger partial charge in [-0.05, 0) is 38.1 Å². The third-order valence-corrected chi connectivity index (χ3v) is 3.04. The number of halogens is 1. The molecule has 1 aromatic heterocycles. The van der Waals surface area contributed by atoms with Gasteiger partial charge in [-0.2, -0.15) is 0 Å². The van der Waals surface area contributed by atoms with Crippen molar-refractivity contribution in [3.63, 3.8) is 0 Å². The minimum atomic E-state index is -0.409. The highest BCUT2D eigenvalue weighted by atomic mass is 19.1. The van der Waals surface area contributed by atoms with Crippen molar-refractivity contribution in [2.24, 2.45) is 0 Å². The smallest absolute Gasteiger partial charge is 0.256 e. The van der Waals surface area contributed by atoms with E-state index in [4.69, 9.17) is 4.74 Å². The van der Waals surface area contributed by atoms with E-state index in [1.165, 1.54) is 0 Å². The van der Waals surface area contributed by atoms with E-state index in [0.717, 1.165) is 17.7 Å². The molecule has 4 heteroatoms. The van der Waals surface area contributed by atoms with Crippen LogP contribution in [-0.4, -0.2) is 11.5 Å². The van der Waals surface area contributed by atoms with Gasteiger partial charge in [0.2, 0.25) is 0 Å². The molecule has 0 aliphatic rings. The Labute approximate surface area is 118 Å². The number of ether oxygens (including phenoxy) is 1. The molecule has 3 nitrogen and oxygen atoms in total. The lowest BCUT2D eigenvalue weighted by Crippen LogP contribution is -2.13. The van der Waals surface area contributed by atoms with Crippen LogP contribution in [0.15, 0.2) is 30.5 Å². The van der Waals surface area contributed by atoms with Crippen molar-refractivity contribution in [3.05, 3.63) is 53.0 Å². The number of aryl methyl sites for hydroxylation is 2. The van der Waals surface area contributed by atoms with Crippen molar-refractivity contribution < 1.29 is 9.13 Å². The van der Waals surface area contributed by atoms with Gasteiger partial charge in [0.15, 0.2) is 5.82 Å². The zero-order valence-electron chi connectivity index (χ0n) is 12.0. The third kappa shape index (κ3) is 3.33. The molecule has 1 aromatic carbocycles. The fraction of sp³-hybridized carbons (Fsp3) is 0.312. The largest absolute Gasteiger partial charge is 0.436 e. The molecule has 0 aliphatic heterocycles. The number of nitrogens with one attached hydrogen (secondary N) is 1. The van der Waals surface area contributed by atoms with Crippen LogP contribution in [0.4, 0.5) is 4.39 Å². The summed E-state index contributed by atoms with van der Waals surface area (Å²) in [6.45, 7) is 7.17. The second kappa shape index (κ2) is 6.48. The Morgan fingerprint density at radius 2 is 2.05 bits per heavy atom. The van der Waals surface area contributed by atoms with Crippen LogP contribution < -0.4 is 10.1 Å². The average Bonchev–Trinajstić information content (AvgIpc) is 2.42. The minimum absolute atomic E-state index is 0.0207. The van der Waals surface area contributed by atoms with Crippen LogP contribution in [0.25, 0.3) is 0 Å². The number of rotatable bonds is 5. The summed E-state index contributed by atoms with van der Waals surface area (Å²) in [6.07, 6.45) is 1.56. The van der Waals surface area contributed by atoms with Gasteiger partial charge in [0.05, 0.1) is 0 Å². The Kier molecular flexibility index (Phi) is 4.69. The summed E-state index contributed by atoms with van der Waals surface area (Å²) in [4.78, 5) is 3.98. The number of hydrogen-bond donors (Lipinski definition) is 1. The summed E-state index contributed by atoms with van der Waals surface area (Å²) >= 11 is 0. The van der Waals surface area contributed by atoms with Crippen molar-refractivity contribution >= 4 is 0 Å². The van der Waals surface area contributed by atoms with Crippen LogP contribution in [0.3, 0.4) is 0 Å². The maximum Gasteiger partial charge on any atom is 0.256 e. The summed E-state index contributed by atoms with van der Waals surface area (Å²) in [7, 11) is 0. The minimum Gasteiger partial charge on any atom is -0.436 e. The molecule has 20 heavy (non-hydrogen) atoms. The van der Waals surface area contributed by atoms with Gasteiger partial charge < -0.3 is 10.1 Å². The molecule has 0 fully saturated rings. The van der Waals surface area contributed by atoms with E-state index in [1.807, 2.05) is 39.0 Å². The van der Waals surface area contributed by atoms with E-state index >= 15 is 0 Å². The highest BCUT2D eigenvalue weighted by Crippen LogP contribution is 2.27. The summed E-state index contributed by atoms with van der Waals surface area (Å²) < 4.78 is 19.9. The lowest BCUT2D eigenvalue weighted by molar-refractivity contribution is 0.415. The molecule has 1 heterocycles. The molecular formula is C16H19FN2O. The Bertz CT molecular complexity index is 599. The standard InChI is InChI=1S/C16H19FN2O/c1-4-18-10-13-7-8-19-16(15(13)17)20-14-6-5-11(2)9-12(14)3/h5-9,18H,4,10H2,1-3H3. The van der Waals surface area contributed by atoms with Gasteiger partial charge >= 0.3 is 0 Å². The number of benzene rings is 1. The molecule has 0 aliphatic carbocycles. The zero-order chi connectivity index (χ0) is 14.5. The first kappa shape index (κ1) is 14.5. The molecular weight excluding hydrogens is 255 g/mol. The van der Waals surface area contributed by atoms with Gasteiger partial charge in [-0.15, -0.1) is 0 Å². The monoisotopic (exact) mass is 274 g/mol. The van der Waals surface area contributed by atoms with Gasteiger partial charge in [-0.25, -0.2) is 9.37 Å². The van der Waals surface area contributed by atoms with E-state index < -0.39 is 5.82 Å². The number of aromatic nitrogens is 1. The summed E-state index contributed by atoms with van der Waals surface area (Å²) in [5.74, 6) is 0.239. The SMILES string of the molecule is CCNCc1ccnc(Oc2ccc(C)cc2C)c1F. The number of nitrogens with zero attached hydrogens (tertiary/aromatic N) is 1. The highest BCUT2D eigenvalue weighted by Gasteiger charge is 2.12. The van der Waals surface area contributed by atoms with Gasteiger partial charge in [0.25, 0.3) is 5.88 Å². The van der Waals surface area contributed by atoms with Crippen LogP contribution in [0, 0.1) is 19.7 Å². The van der Waals surface area contributed by atoms with Gasteiger partial charge in [0.1, 0.15) is 5.75 Å². The Morgan fingerprint density at radius 3 is 2.75 bits per heavy atom.